The lowest BCUT2D eigenvalue weighted by atomic mass is 10.0. The van der Waals surface area contributed by atoms with E-state index < -0.39 is 6.04 Å². The number of nitrogens with zero attached hydrogens (tertiary/aromatic N) is 1. The highest BCUT2D eigenvalue weighted by molar-refractivity contribution is 6.39. The normalized spacial score (nSPS) is 18.7. The topological polar surface area (TPSA) is 58.6 Å². The number of ether oxygens (including phenoxy) is 1. The largest absolute Gasteiger partial charge is 0.488 e. The Hall–Kier alpha value is -2.21. The summed E-state index contributed by atoms with van der Waals surface area (Å²) in [7, 11) is 0. The highest BCUT2D eigenvalue weighted by Gasteiger charge is 2.39. The van der Waals surface area contributed by atoms with Crippen molar-refractivity contribution in [2.24, 2.45) is 0 Å². The summed E-state index contributed by atoms with van der Waals surface area (Å²) in [5.41, 5.74) is 2.57. The number of fused-ring (bicyclic) bond motifs is 1. The molecule has 0 saturated carbocycles. The average Bonchev–Trinajstić information content (AvgIpc) is 2.98. The smallest absolute Gasteiger partial charge is 0.255 e. The summed E-state index contributed by atoms with van der Waals surface area (Å²) in [4.78, 5) is 26.8. The molecule has 4 rings (SSSR count). The van der Waals surface area contributed by atoms with Gasteiger partial charge < -0.3 is 15.0 Å². The molecule has 2 amide bonds. The summed E-state index contributed by atoms with van der Waals surface area (Å²) in [6.07, 6.45) is 1.20. The van der Waals surface area contributed by atoms with Crippen molar-refractivity contribution in [2.75, 3.05) is 0 Å². The lowest BCUT2D eigenvalue weighted by Crippen LogP contribution is -2.49. The zero-order chi connectivity index (χ0) is 20.7. The maximum atomic E-state index is 12.9. The lowest BCUT2D eigenvalue weighted by Gasteiger charge is -2.31. The van der Waals surface area contributed by atoms with Crippen molar-refractivity contribution < 1.29 is 14.3 Å². The van der Waals surface area contributed by atoms with E-state index in [4.69, 9.17) is 39.5 Å². The lowest BCUT2D eigenvalue weighted by molar-refractivity contribution is -0.126. The van der Waals surface area contributed by atoms with Gasteiger partial charge in [0.1, 0.15) is 18.4 Å². The maximum absolute atomic E-state index is 12.9. The number of piperidine rings is 1. The maximum Gasteiger partial charge on any atom is 0.255 e. The summed E-state index contributed by atoms with van der Waals surface area (Å²) < 4.78 is 5.96. The van der Waals surface area contributed by atoms with E-state index in [0.717, 1.165) is 5.56 Å². The van der Waals surface area contributed by atoms with Crippen LogP contribution in [0.25, 0.3) is 0 Å². The number of carbonyl (C=O) groups excluding carboxylic acids is 2. The van der Waals surface area contributed by atoms with Crippen LogP contribution in [0.15, 0.2) is 42.6 Å². The molecule has 1 unspecified atom stereocenters. The van der Waals surface area contributed by atoms with Crippen LogP contribution in [0.1, 0.15) is 34.3 Å². The van der Waals surface area contributed by atoms with Gasteiger partial charge in [0.25, 0.3) is 5.91 Å². The summed E-state index contributed by atoms with van der Waals surface area (Å²) in [5, 5.41) is 4.00. The van der Waals surface area contributed by atoms with Crippen molar-refractivity contribution in [3.8, 4) is 5.75 Å². The van der Waals surface area contributed by atoms with Crippen LogP contribution in [0.4, 0.5) is 0 Å². The minimum Gasteiger partial charge on any atom is -0.488 e. The van der Waals surface area contributed by atoms with E-state index in [9.17, 15) is 9.59 Å². The Labute approximate surface area is 183 Å². The second-order valence-corrected chi connectivity index (χ2v) is 8.25. The van der Waals surface area contributed by atoms with Crippen LogP contribution < -0.4 is 10.1 Å². The molecule has 5 nitrogen and oxygen atoms in total. The van der Waals surface area contributed by atoms with Crippen LogP contribution in [0.2, 0.25) is 15.1 Å². The van der Waals surface area contributed by atoms with Gasteiger partial charge >= 0.3 is 0 Å². The average molecular weight is 452 g/mol. The zero-order valence-electron chi connectivity index (χ0n) is 15.3. The molecule has 2 aromatic rings. The van der Waals surface area contributed by atoms with Crippen molar-refractivity contribution in [3.05, 3.63) is 74.4 Å². The van der Waals surface area contributed by atoms with Gasteiger partial charge in [-0.05, 0) is 37.1 Å². The molecule has 0 radical (unpaired) electrons. The predicted molar refractivity (Wildman–Crippen MR) is 112 cm³/mol. The SMILES string of the molecule is C=C1CCC(N2Cc3c(OCc4c(Cl)cc(Cl)cc4Cl)cccc3C2=O)C(=O)N1. The molecular weight excluding hydrogens is 435 g/mol. The molecule has 0 aliphatic carbocycles. The fourth-order valence-corrected chi connectivity index (χ4v) is 4.56. The summed E-state index contributed by atoms with van der Waals surface area (Å²) in [5.74, 6) is 0.173. The number of amides is 2. The molecule has 2 aliphatic rings. The number of hydrogen-bond donors (Lipinski definition) is 1. The van der Waals surface area contributed by atoms with E-state index in [1.54, 1.807) is 35.2 Å². The van der Waals surface area contributed by atoms with Crippen molar-refractivity contribution in [1.29, 1.82) is 0 Å². The Bertz CT molecular complexity index is 1010. The number of nitrogens with one attached hydrogen (secondary N) is 1. The molecule has 29 heavy (non-hydrogen) atoms. The number of hydrogen-bond acceptors (Lipinski definition) is 3. The fraction of sp³-hybridized carbons (Fsp3) is 0.238. The Kier molecular flexibility index (Phi) is 5.47. The zero-order valence-corrected chi connectivity index (χ0v) is 17.6. The van der Waals surface area contributed by atoms with Gasteiger partial charge in [0, 0.05) is 27.4 Å². The minimum atomic E-state index is -0.520. The van der Waals surface area contributed by atoms with E-state index in [1.165, 1.54) is 0 Å². The van der Waals surface area contributed by atoms with Crippen LogP contribution in [0.3, 0.4) is 0 Å². The van der Waals surface area contributed by atoms with Crippen molar-refractivity contribution in [2.45, 2.75) is 32.0 Å². The monoisotopic (exact) mass is 450 g/mol. The summed E-state index contributed by atoms with van der Waals surface area (Å²) >= 11 is 18.4. The number of allylic oxidation sites excluding steroid dienone is 1. The molecule has 2 aliphatic heterocycles. The Morgan fingerprint density at radius 2 is 1.90 bits per heavy atom. The van der Waals surface area contributed by atoms with Crippen molar-refractivity contribution in [1.82, 2.24) is 10.2 Å². The first-order valence-corrected chi connectivity index (χ1v) is 10.2. The van der Waals surface area contributed by atoms with Gasteiger partial charge in [-0.15, -0.1) is 0 Å². The second-order valence-electron chi connectivity index (χ2n) is 7.00. The molecule has 1 N–H and O–H groups in total. The third-order valence-electron chi connectivity index (χ3n) is 5.13. The third-order valence-corrected chi connectivity index (χ3v) is 6.02. The molecule has 0 aromatic heterocycles. The van der Waals surface area contributed by atoms with Gasteiger partial charge in [0.2, 0.25) is 5.91 Å². The van der Waals surface area contributed by atoms with Crippen LogP contribution >= 0.6 is 34.8 Å². The van der Waals surface area contributed by atoms with Crippen LogP contribution in [0, 0.1) is 0 Å². The van der Waals surface area contributed by atoms with E-state index in [-0.39, 0.29) is 18.4 Å². The van der Waals surface area contributed by atoms with E-state index in [1.807, 2.05) is 0 Å². The first kappa shape index (κ1) is 20.1. The fourth-order valence-electron chi connectivity index (χ4n) is 3.63. The second kappa shape index (κ2) is 7.90. The predicted octanol–water partition coefficient (Wildman–Crippen LogP) is 4.97. The number of rotatable bonds is 4. The van der Waals surface area contributed by atoms with Crippen LogP contribution in [0.5, 0.6) is 5.75 Å². The van der Waals surface area contributed by atoms with Crippen molar-refractivity contribution in [3.63, 3.8) is 0 Å². The third kappa shape index (κ3) is 3.82. The summed E-state index contributed by atoms with van der Waals surface area (Å²) in [6, 6.07) is 7.97. The van der Waals surface area contributed by atoms with Crippen LogP contribution in [-0.4, -0.2) is 22.8 Å². The molecule has 1 saturated heterocycles. The summed E-state index contributed by atoms with van der Waals surface area (Å²) in [6.45, 7) is 4.22. The molecule has 2 aromatic carbocycles. The molecule has 0 bridgehead atoms. The van der Waals surface area contributed by atoms with Gasteiger partial charge in [-0.1, -0.05) is 47.4 Å². The Morgan fingerprint density at radius 3 is 2.59 bits per heavy atom. The molecule has 1 fully saturated rings. The standard InChI is InChI=1S/C21H17Cl3N2O3/c1-11-5-6-18(20(27)25-11)26-9-14-13(21(26)28)3-2-4-19(14)29-10-15-16(23)7-12(22)8-17(15)24/h2-4,7-8,18H,1,5-6,9-10H2,(H,25,27). The quantitative estimate of drug-likeness (QED) is 0.714. The highest BCUT2D eigenvalue weighted by atomic mass is 35.5. The molecule has 0 spiro atoms. The Balaban J connectivity index is 1.56. The molecule has 150 valence electrons. The number of benzene rings is 2. The van der Waals surface area contributed by atoms with E-state index >= 15 is 0 Å². The highest BCUT2D eigenvalue weighted by Crippen LogP contribution is 2.35. The van der Waals surface area contributed by atoms with Crippen molar-refractivity contribution >= 4 is 46.6 Å². The van der Waals surface area contributed by atoms with E-state index in [0.29, 0.717) is 57.0 Å². The first-order valence-electron chi connectivity index (χ1n) is 9.03. The van der Waals surface area contributed by atoms with Crippen LogP contribution in [-0.2, 0) is 17.9 Å². The first-order chi connectivity index (χ1) is 13.8. The Morgan fingerprint density at radius 1 is 1.17 bits per heavy atom. The van der Waals surface area contributed by atoms with Gasteiger partial charge in [-0.2, -0.15) is 0 Å². The number of halogens is 3. The minimum absolute atomic E-state index is 0.128. The number of carbonyl (C=O) groups is 2. The molecule has 1 atom stereocenters. The van der Waals surface area contributed by atoms with Gasteiger partial charge in [0.05, 0.1) is 16.6 Å². The van der Waals surface area contributed by atoms with E-state index in [2.05, 4.69) is 11.9 Å². The molecular formula is C21H17Cl3N2O3. The molecule has 8 heteroatoms. The van der Waals surface area contributed by atoms with Gasteiger partial charge in [-0.25, -0.2) is 0 Å². The van der Waals surface area contributed by atoms with Gasteiger partial charge in [-0.3, -0.25) is 9.59 Å². The van der Waals surface area contributed by atoms with Gasteiger partial charge in [0.15, 0.2) is 0 Å². The molecule has 2 heterocycles.